The third-order valence-corrected chi connectivity index (χ3v) is 6.74. The van der Waals surface area contributed by atoms with Crippen LogP contribution in [0.3, 0.4) is 0 Å². The molecule has 3 rings (SSSR count). The number of rotatable bonds is 8. The third-order valence-electron chi connectivity index (χ3n) is 5.35. The number of alkyl halides is 3. The first-order chi connectivity index (χ1) is 14.1. The zero-order chi connectivity index (χ0) is 21.8. The molecule has 1 aromatic rings. The molecule has 0 radical (unpaired) electrons. The largest absolute Gasteiger partial charge is 0.390 e. The first-order valence-corrected chi connectivity index (χ1v) is 11.9. The second kappa shape index (κ2) is 9.65. The van der Waals surface area contributed by atoms with Crippen LogP contribution in [-0.4, -0.2) is 81.5 Å². The Balaban J connectivity index is 1.64. The van der Waals surface area contributed by atoms with E-state index in [-0.39, 0.29) is 12.3 Å². The summed E-state index contributed by atoms with van der Waals surface area (Å²) >= 11 is 0. The van der Waals surface area contributed by atoms with Crippen molar-refractivity contribution < 1.29 is 21.6 Å². The molecule has 8 nitrogen and oxygen atoms in total. The van der Waals surface area contributed by atoms with Gasteiger partial charge in [-0.2, -0.15) is 18.2 Å². The summed E-state index contributed by atoms with van der Waals surface area (Å²) in [7, 11) is -1.73. The molecular formula is C18H29F3N6O2S. The smallest absolute Gasteiger partial charge is 0.369 e. The van der Waals surface area contributed by atoms with Crippen LogP contribution in [0.2, 0.25) is 0 Å². The first-order valence-electron chi connectivity index (χ1n) is 10.2. The summed E-state index contributed by atoms with van der Waals surface area (Å²) in [6.45, 7) is 2.91. The summed E-state index contributed by atoms with van der Waals surface area (Å²) in [5.41, 5.74) is 2.01. The van der Waals surface area contributed by atoms with Crippen LogP contribution >= 0.6 is 0 Å². The normalized spacial score (nSPS) is 18.3. The standard InChI is InChI=1S/C18H29F3N6O2S/c1-26-9-11-27(12-10-26)17-24-15-5-3-2-4-14(15)16(25-17)22-8-13-30(28,29)23-7-6-18(19,20)21/h23H,2-13H2,1H3,(H,22,24,25). The fourth-order valence-corrected chi connectivity index (χ4v) is 4.53. The number of sulfonamides is 1. The van der Waals surface area contributed by atoms with Crippen molar-refractivity contribution in [3.63, 3.8) is 0 Å². The number of piperazine rings is 1. The molecule has 2 heterocycles. The molecule has 30 heavy (non-hydrogen) atoms. The Morgan fingerprint density at radius 3 is 2.43 bits per heavy atom. The average molecular weight is 451 g/mol. The topological polar surface area (TPSA) is 90.5 Å². The molecule has 0 atom stereocenters. The summed E-state index contributed by atoms with van der Waals surface area (Å²) in [6, 6.07) is 0. The molecule has 12 heteroatoms. The molecule has 2 aliphatic rings. The van der Waals surface area contributed by atoms with E-state index in [1.54, 1.807) is 0 Å². The van der Waals surface area contributed by atoms with Crippen LogP contribution in [0.15, 0.2) is 0 Å². The molecule has 1 aliphatic heterocycles. The average Bonchev–Trinajstić information content (AvgIpc) is 2.67. The summed E-state index contributed by atoms with van der Waals surface area (Å²) in [4.78, 5) is 13.8. The molecule has 0 amide bonds. The predicted octanol–water partition coefficient (Wildman–Crippen LogP) is 1.39. The van der Waals surface area contributed by atoms with Crippen molar-refractivity contribution in [1.29, 1.82) is 0 Å². The molecule has 0 saturated carbocycles. The van der Waals surface area contributed by atoms with E-state index in [4.69, 9.17) is 4.98 Å². The van der Waals surface area contributed by atoms with Crippen LogP contribution in [0, 0.1) is 0 Å². The van der Waals surface area contributed by atoms with Gasteiger partial charge >= 0.3 is 6.18 Å². The highest BCUT2D eigenvalue weighted by Crippen LogP contribution is 2.28. The summed E-state index contributed by atoms with van der Waals surface area (Å²) in [6.07, 6.45) is -1.80. The maximum atomic E-state index is 12.2. The van der Waals surface area contributed by atoms with E-state index in [1.165, 1.54) is 0 Å². The number of nitrogens with one attached hydrogen (secondary N) is 2. The van der Waals surface area contributed by atoms with Crippen molar-refractivity contribution in [2.45, 2.75) is 38.3 Å². The second-order valence-corrected chi connectivity index (χ2v) is 9.73. The van der Waals surface area contributed by atoms with Crippen molar-refractivity contribution in [1.82, 2.24) is 19.6 Å². The van der Waals surface area contributed by atoms with Gasteiger partial charge in [0.15, 0.2) is 0 Å². The van der Waals surface area contributed by atoms with E-state index in [2.05, 4.69) is 27.1 Å². The van der Waals surface area contributed by atoms with Gasteiger partial charge in [0.1, 0.15) is 5.82 Å². The highest BCUT2D eigenvalue weighted by molar-refractivity contribution is 7.89. The number of hydrogen-bond acceptors (Lipinski definition) is 7. The van der Waals surface area contributed by atoms with E-state index in [9.17, 15) is 21.6 Å². The molecule has 0 spiro atoms. The highest BCUT2D eigenvalue weighted by Gasteiger charge is 2.27. The number of hydrogen-bond donors (Lipinski definition) is 2. The van der Waals surface area contributed by atoms with Crippen molar-refractivity contribution >= 4 is 21.8 Å². The van der Waals surface area contributed by atoms with Crippen molar-refractivity contribution in [3.8, 4) is 0 Å². The van der Waals surface area contributed by atoms with E-state index < -0.39 is 29.2 Å². The minimum atomic E-state index is -4.39. The van der Waals surface area contributed by atoms with Crippen LogP contribution in [0.25, 0.3) is 0 Å². The van der Waals surface area contributed by atoms with Gasteiger partial charge in [-0.1, -0.05) is 0 Å². The number of aromatic nitrogens is 2. The van der Waals surface area contributed by atoms with Gasteiger partial charge in [0.25, 0.3) is 0 Å². The Hall–Kier alpha value is -1.66. The van der Waals surface area contributed by atoms with Crippen molar-refractivity contribution in [2.24, 2.45) is 0 Å². The van der Waals surface area contributed by atoms with Gasteiger partial charge < -0.3 is 15.1 Å². The molecule has 170 valence electrons. The van der Waals surface area contributed by atoms with Gasteiger partial charge in [-0.15, -0.1) is 0 Å². The van der Waals surface area contributed by atoms with Crippen LogP contribution < -0.4 is 14.9 Å². The number of anilines is 2. The number of fused-ring (bicyclic) bond motifs is 1. The van der Waals surface area contributed by atoms with Gasteiger partial charge in [0.2, 0.25) is 16.0 Å². The zero-order valence-electron chi connectivity index (χ0n) is 17.1. The summed E-state index contributed by atoms with van der Waals surface area (Å²) in [5, 5.41) is 3.09. The van der Waals surface area contributed by atoms with Crippen LogP contribution in [-0.2, 0) is 22.9 Å². The zero-order valence-corrected chi connectivity index (χ0v) is 17.9. The molecule has 1 aliphatic carbocycles. The van der Waals surface area contributed by atoms with Gasteiger partial charge in [0, 0.05) is 44.8 Å². The molecule has 0 unspecified atom stereocenters. The second-order valence-electron chi connectivity index (χ2n) is 7.80. The minimum Gasteiger partial charge on any atom is -0.369 e. The minimum absolute atomic E-state index is 0.0625. The summed E-state index contributed by atoms with van der Waals surface area (Å²) in [5.74, 6) is 0.963. The van der Waals surface area contributed by atoms with E-state index in [0.29, 0.717) is 11.8 Å². The monoisotopic (exact) mass is 450 g/mol. The predicted molar refractivity (Wildman–Crippen MR) is 109 cm³/mol. The Morgan fingerprint density at radius 1 is 1.03 bits per heavy atom. The van der Waals surface area contributed by atoms with Crippen LogP contribution in [0.4, 0.5) is 24.9 Å². The van der Waals surface area contributed by atoms with E-state index in [0.717, 1.165) is 63.1 Å². The highest BCUT2D eigenvalue weighted by atomic mass is 32.2. The van der Waals surface area contributed by atoms with Gasteiger partial charge in [0.05, 0.1) is 17.9 Å². The van der Waals surface area contributed by atoms with Crippen LogP contribution in [0.1, 0.15) is 30.5 Å². The number of halogens is 3. The molecule has 1 fully saturated rings. The Kier molecular flexibility index (Phi) is 7.40. The maximum Gasteiger partial charge on any atom is 0.390 e. The third kappa shape index (κ3) is 6.67. The summed E-state index contributed by atoms with van der Waals surface area (Å²) < 4.78 is 62.6. The lowest BCUT2D eigenvalue weighted by molar-refractivity contribution is -0.132. The molecular weight excluding hydrogens is 421 g/mol. The quantitative estimate of drug-likeness (QED) is 0.619. The Morgan fingerprint density at radius 2 is 1.73 bits per heavy atom. The fourth-order valence-electron chi connectivity index (χ4n) is 3.60. The number of likely N-dealkylation sites (N-methyl/N-ethyl adjacent to an activating group) is 1. The SMILES string of the molecule is CN1CCN(c2nc3c(c(NCCS(=O)(=O)NCCC(F)(F)F)n2)CCCC3)CC1. The molecule has 1 saturated heterocycles. The van der Waals surface area contributed by atoms with Gasteiger partial charge in [-0.25, -0.2) is 18.1 Å². The lowest BCUT2D eigenvalue weighted by Gasteiger charge is -2.33. The number of nitrogens with zero attached hydrogens (tertiary/aromatic N) is 4. The Bertz CT molecular complexity index is 826. The van der Waals surface area contributed by atoms with Crippen molar-refractivity contribution in [2.75, 3.05) is 62.3 Å². The molecule has 1 aromatic heterocycles. The van der Waals surface area contributed by atoms with Crippen molar-refractivity contribution in [3.05, 3.63) is 11.3 Å². The Labute approximate surface area is 175 Å². The lowest BCUT2D eigenvalue weighted by atomic mass is 9.96. The van der Waals surface area contributed by atoms with E-state index in [1.807, 2.05) is 4.72 Å². The van der Waals surface area contributed by atoms with Gasteiger partial charge in [-0.3, -0.25) is 0 Å². The molecule has 0 bridgehead atoms. The van der Waals surface area contributed by atoms with Gasteiger partial charge in [-0.05, 0) is 32.7 Å². The first kappa shape index (κ1) is 23.0. The molecule has 2 N–H and O–H groups in total. The molecule has 0 aromatic carbocycles. The van der Waals surface area contributed by atoms with Crippen LogP contribution in [0.5, 0.6) is 0 Å². The number of aryl methyl sites for hydroxylation is 1. The van der Waals surface area contributed by atoms with E-state index >= 15 is 0 Å². The lowest BCUT2D eigenvalue weighted by Crippen LogP contribution is -2.45. The fraction of sp³-hybridized carbons (Fsp3) is 0.778. The maximum absolute atomic E-state index is 12.2.